The van der Waals surface area contributed by atoms with E-state index in [0.29, 0.717) is 6.07 Å². The van der Waals surface area contributed by atoms with E-state index >= 15 is 0 Å². The number of nitro benzene ring substituents is 1. The highest BCUT2D eigenvalue weighted by atomic mass is 19.4. The Bertz CT molecular complexity index is 966. The van der Waals surface area contributed by atoms with Crippen molar-refractivity contribution in [1.29, 1.82) is 0 Å². The highest BCUT2D eigenvalue weighted by molar-refractivity contribution is 5.97. The number of ether oxygens (including phenoxy) is 1. The van der Waals surface area contributed by atoms with Crippen LogP contribution in [0.25, 0.3) is 4.85 Å². The molecule has 0 aliphatic heterocycles. The van der Waals surface area contributed by atoms with Crippen molar-refractivity contribution < 1.29 is 32.7 Å². The molecule has 0 bridgehead atoms. The van der Waals surface area contributed by atoms with Crippen LogP contribution in [0.15, 0.2) is 42.5 Å². The average Bonchev–Trinajstić information content (AvgIpc) is 2.66. The molecule has 8 nitrogen and oxygen atoms in total. The van der Waals surface area contributed by atoms with Crippen LogP contribution >= 0.6 is 0 Å². The van der Waals surface area contributed by atoms with Gasteiger partial charge in [-0.05, 0) is 31.2 Å². The Morgan fingerprint density at radius 3 is 2.41 bits per heavy atom. The van der Waals surface area contributed by atoms with E-state index in [1.807, 2.05) is 0 Å². The smallest absolute Gasteiger partial charge is 0.407 e. The van der Waals surface area contributed by atoms with Gasteiger partial charge in [-0.1, -0.05) is 6.07 Å². The van der Waals surface area contributed by atoms with Gasteiger partial charge < -0.3 is 15.2 Å². The van der Waals surface area contributed by atoms with Crippen LogP contribution in [-0.2, 0) is 11.0 Å². The predicted molar refractivity (Wildman–Crippen MR) is 95.6 cm³/mol. The molecule has 152 valence electrons. The Labute approximate surface area is 162 Å². The molecule has 0 heterocycles. The third-order valence-electron chi connectivity index (χ3n) is 3.74. The van der Waals surface area contributed by atoms with Crippen molar-refractivity contribution in [1.82, 2.24) is 0 Å². The Morgan fingerprint density at radius 2 is 1.90 bits per heavy atom. The van der Waals surface area contributed by atoms with Crippen LogP contribution in [0.1, 0.15) is 12.5 Å². The summed E-state index contributed by atoms with van der Waals surface area (Å²) in [5.74, 6) is -0.896. The van der Waals surface area contributed by atoms with Crippen molar-refractivity contribution in [3.63, 3.8) is 0 Å². The number of nitrogens with one attached hydrogen (secondary N) is 1. The number of alkyl halides is 3. The first-order valence-corrected chi connectivity index (χ1v) is 7.94. The fourth-order valence-corrected chi connectivity index (χ4v) is 2.16. The highest BCUT2D eigenvalue weighted by Gasteiger charge is 2.35. The summed E-state index contributed by atoms with van der Waals surface area (Å²) in [6.45, 7) is 7.32. The van der Waals surface area contributed by atoms with E-state index in [4.69, 9.17) is 11.3 Å². The second-order valence-corrected chi connectivity index (χ2v) is 6.11. The zero-order valence-electron chi connectivity index (χ0n) is 14.9. The van der Waals surface area contributed by atoms with E-state index in [9.17, 15) is 33.2 Å². The second-order valence-electron chi connectivity index (χ2n) is 6.11. The Kier molecular flexibility index (Phi) is 6.09. The molecule has 0 fully saturated rings. The molecular weight excluding hydrogens is 395 g/mol. The van der Waals surface area contributed by atoms with Crippen molar-refractivity contribution in [3.05, 3.63) is 69.6 Å². The van der Waals surface area contributed by atoms with Crippen LogP contribution in [0.2, 0.25) is 0 Å². The number of rotatable bonds is 6. The molecule has 0 unspecified atom stereocenters. The second kappa shape index (κ2) is 8.15. The van der Waals surface area contributed by atoms with Gasteiger partial charge in [0.2, 0.25) is 0 Å². The van der Waals surface area contributed by atoms with Gasteiger partial charge in [0.1, 0.15) is 12.4 Å². The van der Waals surface area contributed by atoms with Crippen LogP contribution in [0.5, 0.6) is 5.75 Å². The third-order valence-corrected chi connectivity index (χ3v) is 3.74. The standard InChI is InChI=1S/C18H14F3N3O5/c1-17(26,10-29-13-6-4-12(5-7-13)24(27)28)16(25)23-11-3-8-15(22-2)14(9-11)18(19,20)21/h3-9,26H,10H2,1H3,(H,23,25)/t17-/m0/s1. The Balaban J connectivity index is 2.09. The molecule has 2 aromatic carbocycles. The molecule has 2 rings (SSSR count). The van der Waals surface area contributed by atoms with Gasteiger partial charge in [0.15, 0.2) is 11.3 Å². The summed E-state index contributed by atoms with van der Waals surface area (Å²) in [5, 5.41) is 23.0. The molecule has 0 aliphatic rings. The number of hydrogen-bond acceptors (Lipinski definition) is 5. The van der Waals surface area contributed by atoms with Gasteiger partial charge in [0.05, 0.1) is 17.1 Å². The molecule has 0 radical (unpaired) electrons. The average molecular weight is 409 g/mol. The third kappa shape index (κ3) is 5.43. The predicted octanol–water partition coefficient (Wildman–Crippen LogP) is 3.93. The van der Waals surface area contributed by atoms with Gasteiger partial charge in [-0.3, -0.25) is 14.9 Å². The topological polar surface area (TPSA) is 106 Å². The molecule has 1 amide bonds. The van der Waals surface area contributed by atoms with Gasteiger partial charge in [0.25, 0.3) is 11.6 Å². The van der Waals surface area contributed by atoms with Crippen LogP contribution < -0.4 is 10.1 Å². The zero-order chi connectivity index (χ0) is 21.8. The largest absolute Gasteiger partial charge is 0.490 e. The number of hydrogen-bond donors (Lipinski definition) is 2. The quantitative estimate of drug-likeness (QED) is 0.427. The normalized spacial score (nSPS) is 13.1. The minimum Gasteiger partial charge on any atom is -0.490 e. The maximum atomic E-state index is 13.0. The van der Waals surface area contributed by atoms with Crippen molar-refractivity contribution >= 4 is 23.0 Å². The van der Waals surface area contributed by atoms with E-state index in [1.165, 1.54) is 24.3 Å². The van der Waals surface area contributed by atoms with E-state index in [0.717, 1.165) is 19.1 Å². The minimum atomic E-state index is -4.79. The maximum Gasteiger partial charge on any atom is 0.407 e. The number of nitro groups is 1. The van der Waals surface area contributed by atoms with E-state index < -0.39 is 40.5 Å². The lowest BCUT2D eigenvalue weighted by atomic mass is 10.1. The maximum absolute atomic E-state index is 13.0. The summed E-state index contributed by atoms with van der Waals surface area (Å²) in [5.41, 5.74) is -4.40. The molecule has 0 aromatic heterocycles. The summed E-state index contributed by atoms with van der Waals surface area (Å²) in [4.78, 5) is 25.0. The lowest BCUT2D eigenvalue weighted by Gasteiger charge is -2.23. The molecule has 2 N–H and O–H groups in total. The van der Waals surface area contributed by atoms with Crippen molar-refractivity contribution in [2.45, 2.75) is 18.7 Å². The number of anilines is 1. The molecule has 2 aromatic rings. The number of nitrogens with zero attached hydrogens (tertiary/aromatic N) is 2. The number of halogens is 3. The van der Waals surface area contributed by atoms with Crippen LogP contribution in [0.4, 0.5) is 30.2 Å². The van der Waals surface area contributed by atoms with Crippen molar-refractivity contribution in [3.8, 4) is 5.75 Å². The minimum absolute atomic E-state index is 0.143. The first-order valence-electron chi connectivity index (χ1n) is 7.94. The summed E-state index contributed by atoms with van der Waals surface area (Å²) >= 11 is 0. The van der Waals surface area contributed by atoms with E-state index in [2.05, 4.69) is 10.2 Å². The first-order chi connectivity index (χ1) is 13.4. The molecule has 0 saturated heterocycles. The van der Waals surface area contributed by atoms with Gasteiger partial charge in [0, 0.05) is 17.8 Å². The highest BCUT2D eigenvalue weighted by Crippen LogP contribution is 2.38. The Morgan fingerprint density at radius 1 is 1.28 bits per heavy atom. The lowest BCUT2D eigenvalue weighted by molar-refractivity contribution is -0.384. The molecule has 0 spiro atoms. The van der Waals surface area contributed by atoms with Crippen LogP contribution in [0.3, 0.4) is 0 Å². The molecule has 1 atom stereocenters. The fourth-order valence-electron chi connectivity index (χ4n) is 2.16. The van der Waals surface area contributed by atoms with Gasteiger partial charge in [-0.2, -0.15) is 13.2 Å². The number of carbonyl (C=O) groups excluding carboxylic acids is 1. The van der Waals surface area contributed by atoms with Gasteiger partial charge in [-0.25, -0.2) is 4.85 Å². The lowest BCUT2D eigenvalue weighted by Crippen LogP contribution is -2.45. The van der Waals surface area contributed by atoms with Crippen molar-refractivity contribution in [2.75, 3.05) is 11.9 Å². The number of amides is 1. The summed E-state index contributed by atoms with van der Waals surface area (Å²) in [6.07, 6.45) is -4.79. The van der Waals surface area contributed by atoms with Crippen LogP contribution in [0, 0.1) is 16.7 Å². The fraction of sp³-hybridized carbons (Fsp3) is 0.222. The molecule has 0 aliphatic carbocycles. The number of benzene rings is 2. The molecular formula is C18H14F3N3O5. The monoisotopic (exact) mass is 409 g/mol. The van der Waals surface area contributed by atoms with Gasteiger partial charge >= 0.3 is 6.18 Å². The van der Waals surface area contributed by atoms with Crippen LogP contribution in [-0.4, -0.2) is 28.1 Å². The SMILES string of the molecule is [C-]#[N+]c1ccc(NC(=O)[C@@](C)(O)COc2ccc([N+](=O)[O-])cc2)cc1C(F)(F)F. The molecule has 0 saturated carbocycles. The zero-order valence-corrected chi connectivity index (χ0v) is 14.9. The van der Waals surface area contributed by atoms with Crippen molar-refractivity contribution in [2.24, 2.45) is 0 Å². The molecule has 29 heavy (non-hydrogen) atoms. The van der Waals surface area contributed by atoms with Gasteiger partial charge in [-0.15, -0.1) is 0 Å². The summed E-state index contributed by atoms with van der Waals surface area (Å²) in [7, 11) is 0. The summed E-state index contributed by atoms with van der Waals surface area (Å²) in [6, 6.07) is 7.48. The van der Waals surface area contributed by atoms with E-state index in [1.54, 1.807) is 0 Å². The molecule has 11 heteroatoms. The number of non-ortho nitro benzene ring substituents is 1. The number of aliphatic hydroxyl groups is 1. The first kappa shape index (κ1) is 21.6. The number of carbonyl (C=O) groups is 1. The Hall–Kier alpha value is -3.65. The van der Waals surface area contributed by atoms with E-state index in [-0.39, 0.29) is 17.1 Å². The summed E-state index contributed by atoms with van der Waals surface area (Å²) < 4.78 is 44.2.